The number of aryl methyl sites for hydroxylation is 1. The van der Waals surface area contributed by atoms with Gasteiger partial charge < -0.3 is 19.7 Å². The number of fused-ring (bicyclic) bond motifs is 7. The molecule has 4 heterocycles. The lowest BCUT2D eigenvalue weighted by Gasteiger charge is -2.16. The highest BCUT2D eigenvalue weighted by molar-refractivity contribution is 5.63. The predicted octanol–water partition coefficient (Wildman–Crippen LogP) is 5.17. The zero-order valence-electron chi connectivity index (χ0n) is 20.2. The van der Waals surface area contributed by atoms with Gasteiger partial charge in [-0.05, 0) is 87.1 Å². The molecule has 2 aromatic heterocycles. The Morgan fingerprint density at radius 3 is 2.83 bits per heavy atom. The second kappa shape index (κ2) is 11.9. The molecule has 1 N–H and O–H groups in total. The minimum absolute atomic E-state index is 0.555. The summed E-state index contributed by atoms with van der Waals surface area (Å²) in [7, 11) is 0. The van der Waals surface area contributed by atoms with Gasteiger partial charge in [-0.2, -0.15) is 0 Å². The van der Waals surface area contributed by atoms with Crippen LogP contribution in [0.5, 0.6) is 5.88 Å². The van der Waals surface area contributed by atoms with E-state index in [1.165, 1.54) is 50.0 Å². The van der Waals surface area contributed by atoms with E-state index in [0.717, 1.165) is 29.8 Å². The molecule has 2 aliphatic rings. The molecule has 0 atom stereocenters. The van der Waals surface area contributed by atoms with Crippen LogP contribution in [0, 0.1) is 0 Å². The van der Waals surface area contributed by atoms with E-state index in [2.05, 4.69) is 50.5 Å². The number of nitrogens with zero attached hydrogens (tertiary/aromatic N) is 4. The SMILES string of the molecule is C1=CCOCc2cc(ccc2CCCN2CCCC2)Nc2nccc(n2)-c2ccnc(c2)OCC1. The van der Waals surface area contributed by atoms with Crippen molar-refractivity contribution in [3.63, 3.8) is 0 Å². The second-order valence-electron chi connectivity index (χ2n) is 9.03. The van der Waals surface area contributed by atoms with Crippen LogP contribution in [0.15, 0.2) is 60.9 Å². The summed E-state index contributed by atoms with van der Waals surface area (Å²) in [6.07, 6.45) is 13.4. The highest BCUT2D eigenvalue weighted by atomic mass is 16.5. The van der Waals surface area contributed by atoms with E-state index < -0.39 is 0 Å². The van der Waals surface area contributed by atoms with Crippen molar-refractivity contribution in [1.82, 2.24) is 19.9 Å². The van der Waals surface area contributed by atoms with Crippen molar-refractivity contribution < 1.29 is 9.47 Å². The molecule has 0 amide bonds. The summed E-state index contributed by atoms with van der Waals surface area (Å²) < 4.78 is 11.8. The normalized spacial score (nSPS) is 16.7. The first kappa shape index (κ1) is 23.5. The molecule has 0 radical (unpaired) electrons. The summed E-state index contributed by atoms with van der Waals surface area (Å²) in [5.74, 6) is 1.14. The van der Waals surface area contributed by atoms with Gasteiger partial charge in [-0.3, -0.25) is 0 Å². The van der Waals surface area contributed by atoms with Crippen molar-refractivity contribution in [2.24, 2.45) is 0 Å². The van der Waals surface area contributed by atoms with Crippen LogP contribution >= 0.6 is 0 Å². The Kier molecular flexibility index (Phi) is 7.98. The van der Waals surface area contributed by atoms with Crippen LogP contribution in [0.2, 0.25) is 0 Å². The number of ether oxygens (including phenoxy) is 2. The fourth-order valence-corrected chi connectivity index (χ4v) is 4.59. The first-order chi connectivity index (χ1) is 17.3. The lowest BCUT2D eigenvalue weighted by atomic mass is 10.0. The maximum absolute atomic E-state index is 6.01. The second-order valence-corrected chi connectivity index (χ2v) is 9.03. The molecule has 1 fully saturated rings. The number of nitrogens with one attached hydrogen (secondary N) is 1. The quantitative estimate of drug-likeness (QED) is 0.527. The van der Waals surface area contributed by atoms with Crippen molar-refractivity contribution in [3.05, 3.63) is 72.1 Å². The molecule has 5 rings (SSSR count). The summed E-state index contributed by atoms with van der Waals surface area (Å²) >= 11 is 0. The third-order valence-corrected chi connectivity index (χ3v) is 6.44. The monoisotopic (exact) mass is 471 g/mol. The molecule has 3 aromatic rings. The fraction of sp³-hybridized carbons (Fsp3) is 0.393. The molecule has 0 aliphatic carbocycles. The number of hydrogen-bond donors (Lipinski definition) is 1. The molecule has 6 bridgehead atoms. The van der Waals surface area contributed by atoms with Gasteiger partial charge in [0.25, 0.3) is 0 Å². The van der Waals surface area contributed by atoms with Gasteiger partial charge >= 0.3 is 0 Å². The van der Waals surface area contributed by atoms with Crippen LogP contribution in [-0.2, 0) is 17.8 Å². The Morgan fingerprint density at radius 1 is 0.971 bits per heavy atom. The van der Waals surface area contributed by atoms with E-state index in [1.54, 1.807) is 12.4 Å². The number of anilines is 2. The summed E-state index contributed by atoms with van der Waals surface area (Å²) in [5, 5.41) is 3.38. The van der Waals surface area contributed by atoms with Crippen molar-refractivity contribution >= 4 is 11.6 Å². The van der Waals surface area contributed by atoms with Crippen LogP contribution in [0.1, 0.15) is 36.8 Å². The van der Waals surface area contributed by atoms with Gasteiger partial charge in [0, 0.05) is 29.7 Å². The lowest BCUT2D eigenvalue weighted by molar-refractivity contribution is 0.148. The number of rotatable bonds is 4. The molecular weight excluding hydrogens is 438 g/mol. The number of benzene rings is 1. The molecule has 182 valence electrons. The van der Waals surface area contributed by atoms with Gasteiger partial charge in [0.15, 0.2) is 0 Å². The number of aromatic nitrogens is 3. The topological polar surface area (TPSA) is 72.4 Å². The molecule has 0 unspecified atom stereocenters. The van der Waals surface area contributed by atoms with Crippen molar-refractivity contribution in [2.75, 3.05) is 38.2 Å². The van der Waals surface area contributed by atoms with Gasteiger partial charge in [-0.25, -0.2) is 15.0 Å². The van der Waals surface area contributed by atoms with Crippen molar-refractivity contribution in [2.45, 2.75) is 38.7 Å². The average Bonchev–Trinajstić information content (AvgIpc) is 3.40. The summed E-state index contributed by atoms with van der Waals surface area (Å²) in [4.78, 5) is 16.1. The van der Waals surface area contributed by atoms with Crippen LogP contribution in [0.25, 0.3) is 11.3 Å². The number of pyridine rings is 1. The summed E-state index contributed by atoms with van der Waals surface area (Å²) in [6, 6.07) is 12.2. The maximum atomic E-state index is 6.01. The van der Waals surface area contributed by atoms with Gasteiger partial charge in [0.2, 0.25) is 11.8 Å². The van der Waals surface area contributed by atoms with E-state index in [9.17, 15) is 0 Å². The first-order valence-corrected chi connectivity index (χ1v) is 12.6. The first-order valence-electron chi connectivity index (χ1n) is 12.6. The molecule has 0 saturated carbocycles. The summed E-state index contributed by atoms with van der Waals surface area (Å²) in [6.45, 7) is 5.37. The van der Waals surface area contributed by atoms with Crippen molar-refractivity contribution in [3.8, 4) is 17.1 Å². The molecule has 2 aliphatic heterocycles. The Balaban J connectivity index is 1.37. The largest absolute Gasteiger partial charge is 0.477 e. The van der Waals surface area contributed by atoms with Gasteiger partial charge in [0.05, 0.1) is 25.5 Å². The van der Waals surface area contributed by atoms with E-state index in [0.29, 0.717) is 31.6 Å². The minimum atomic E-state index is 0.555. The van der Waals surface area contributed by atoms with Crippen LogP contribution in [0.4, 0.5) is 11.6 Å². The third kappa shape index (κ3) is 6.65. The smallest absolute Gasteiger partial charge is 0.227 e. The lowest BCUT2D eigenvalue weighted by Crippen LogP contribution is -2.20. The zero-order valence-corrected chi connectivity index (χ0v) is 20.2. The summed E-state index contributed by atoms with van der Waals surface area (Å²) in [5.41, 5.74) is 5.28. The molecule has 7 nitrogen and oxygen atoms in total. The minimum Gasteiger partial charge on any atom is -0.477 e. The Hall–Kier alpha value is -3.29. The standard InChI is InChI=1S/C28H33N5O2/c1-4-17-34-21-24-19-25(9-8-22(24)7-6-16-33-14-2-3-15-33)31-28-30-13-11-26(32-28)23-10-12-29-27(20-23)35-18-5-1/h1,4,8-13,19-20H,2-3,5-7,14-18,21H2,(H,30,31,32). The van der Waals surface area contributed by atoms with Gasteiger partial charge in [0.1, 0.15) is 0 Å². The van der Waals surface area contributed by atoms with E-state index in [4.69, 9.17) is 14.5 Å². The Labute approximate surface area is 207 Å². The molecule has 7 heteroatoms. The van der Waals surface area contributed by atoms with E-state index >= 15 is 0 Å². The van der Waals surface area contributed by atoms with Gasteiger partial charge in [-0.15, -0.1) is 0 Å². The van der Waals surface area contributed by atoms with E-state index in [-0.39, 0.29) is 0 Å². The molecule has 0 spiro atoms. The maximum Gasteiger partial charge on any atom is 0.227 e. The Morgan fingerprint density at radius 2 is 1.89 bits per heavy atom. The highest BCUT2D eigenvalue weighted by Gasteiger charge is 2.12. The highest BCUT2D eigenvalue weighted by Crippen LogP contribution is 2.24. The Bertz CT molecular complexity index is 1140. The predicted molar refractivity (Wildman–Crippen MR) is 138 cm³/mol. The average molecular weight is 472 g/mol. The molecule has 35 heavy (non-hydrogen) atoms. The number of hydrogen-bond acceptors (Lipinski definition) is 7. The third-order valence-electron chi connectivity index (χ3n) is 6.44. The molecule has 1 aromatic carbocycles. The van der Waals surface area contributed by atoms with Crippen molar-refractivity contribution in [1.29, 1.82) is 0 Å². The van der Waals surface area contributed by atoms with Gasteiger partial charge in [-0.1, -0.05) is 18.2 Å². The van der Waals surface area contributed by atoms with Crippen LogP contribution < -0.4 is 10.1 Å². The molecule has 1 saturated heterocycles. The fourth-order valence-electron chi connectivity index (χ4n) is 4.59. The zero-order chi connectivity index (χ0) is 23.7. The number of likely N-dealkylation sites (tertiary alicyclic amines) is 1. The van der Waals surface area contributed by atoms with E-state index in [1.807, 2.05) is 18.2 Å². The van der Waals surface area contributed by atoms with Crippen LogP contribution in [0.3, 0.4) is 0 Å². The molecular formula is C28H33N5O2. The van der Waals surface area contributed by atoms with Crippen LogP contribution in [-0.4, -0.2) is 52.7 Å².